The maximum absolute atomic E-state index is 13.7. The van der Waals surface area contributed by atoms with Gasteiger partial charge in [0, 0.05) is 30.1 Å². The topological polar surface area (TPSA) is 37.8 Å². The molecule has 0 saturated heterocycles. The molecule has 0 fully saturated rings. The first-order valence-corrected chi connectivity index (χ1v) is 5.74. The minimum atomic E-state index is -4.61. The maximum Gasteiger partial charge on any atom is 0.451 e. The Balaban J connectivity index is 2.38. The summed E-state index contributed by atoms with van der Waals surface area (Å²) in [4.78, 5) is 6.45. The van der Waals surface area contributed by atoms with Crippen LogP contribution in [0.25, 0.3) is 11.1 Å². The van der Waals surface area contributed by atoms with Crippen molar-refractivity contribution in [2.24, 2.45) is 0 Å². The number of hydrogen-bond acceptors (Lipinski definition) is 3. The van der Waals surface area contributed by atoms with E-state index in [2.05, 4.69) is 15.3 Å². The van der Waals surface area contributed by atoms with Crippen LogP contribution in [0.15, 0.2) is 30.6 Å². The molecule has 0 radical (unpaired) electrons. The highest BCUT2D eigenvalue weighted by atomic mass is 19.4. The zero-order valence-corrected chi connectivity index (χ0v) is 10.5. The summed E-state index contributed by atoms with van der Waals surface area (Å²) in [5.74, 6) is -1.78. The van der Waals surface area contributed by atoms with E-state index in [0.717, 1.165) is 18.0 Å². The van der Waals surface area contributed by atoms with Gasteiger partial charge >= 0.3 is 6.18 Å². The molecule has 0 aliphatic rings. The second-order valence-corrected chi connectivity index (χ2v) is 4.14. The molecule has 1 aromatic heterocycles. The molecule has 2 rings (SSSR count). The zero-order chi connectivity index (χ0) is 14.8. The van der Waals surface area contributed by atoms with Gasteiger partial charge in [0.2, 0.25) is 5.82 Å². The summed E-state index contributed by atoms with van der Waals surface area (Å²) in [5.41, 5.74) is 1.18. The highest BCUT2D eigenvalue weighted by Gasteiger charge is 2.34. The normalized spacial score (nSPS) is 11.7. The Labute approximate surface area is 112 Å². The van der Waals surface area contributed by atoms with E-state index in [1.807, 2.05) is 0 Å². The van der Waals surface area contributed by atoms with Crippen molar-refractivity contribution in [3.8, 4) is 11.1 Å². The lowest BCUT2D eigenvalue weighted by molar-refractivity contribution is -0.144. The van der Waals surface area contributed by atoms with Gasteiger partial charge in [-0.2, -0.15) is 13.2 Å². The fraction of sp³-hybridized carbons (Fsp3) is 0.231. The molecule has 0 unspecified atom stereocenters. The first-order valence-electron chi connectivity index (χ1n) is 5.74. The third kappa shape index (κ3) is 3.11. The summed E-state index contributed by atoms with van der Waals surface area (Å²) in [7, 11) is 1.74. The Bertz CT molecular complexity index is 594. The van der Waals surface area contributed by atoms with Crippen LogP contribution >= 0.6 is 0 Å². The Morgan fingerprint density at radius 3 is 2.35 bits per heavy atom. The van der Waals surface area contributed by atoms with Crippen molar-refractivity contribution in [3.05, 3.63) is 47.8 Å². The number of hydrogen-bond donors (Lipinski definition) is 1. The minimum absolute atomic E-state index is 0.173. The summed E-state index contributed by atoms with van der Waals surface area (Å²) < 4.78 is 50.8. The van der Waals surface area contributed by atoms with E-state index in [0.29, 0.717) is 6.54 Å². The van der Waals surface area contributed by atoms with E-state index in [9.17, 15) is 17.6 Å². The van der Waals surface area contributed by atoms with Gasteiger partial charge in [0.05, 0.1) is 0 Å². The molecule has 0 aliphatic carbocycles. The predicted octanol–water partition coefficient (Wildman–Crippen LogP) is 3.02. The van der Waals surface area contributed by atoms with Crippen molar-refractivity contribution in [3.63, 3.8) is 0 Å². The minimum Gasteiger partial charge on any atom is -0.316 e. The number of nitrogens with zero attached hydrogens (tertiary/aromatic N) is 2. The first-order chi connectivity index (χ1) is 9.41. The van der Waals surface area contributed by atoms with E-state index in [1.165, 1.54) is 6.07 Å². The Hall–Kier alpha value is -2.02. The van der Waals surface area contributed by atoms with Gasteiger partial charge in [0.25, 0.3) is 0 Å². The van der Waals surface area contributed by atoms with Crippen molar-refractivity contribution in [2.75, 3.05) is 7.05 Å². The van der Waals surface area contributed by atoms with Crippen LogP contribution < -0.4 is 5.32 Å². The van der Waals surface area contributed by atoms with Crippen LogP contribution in [0.4, 0.5) is 17.6 Å². The number of aromatic nitrogens is 2. The van der Waals surface area contributed by atoms with E-state index in [4.69, 9.17) is 0 Å². The average molecular weight is 285 g/mol. The highest BCUT2D eigenvalue weighted by molar-refractivity contribution is 5.63. The van der Waals surface area contributed by atoms with E-state index >= 15 is 0 Å². The molecule has 0 amide bonds. The van der Waals surface area contributed by atoms with Crippen LogP contribution in [-0.2, 0) is 12.7 Å². The second kappa shape index (κ2) is 5.54. The lowest BCUT2D eigenvalue weighted by Crippen LogP contribution is -2.10. The molecule has 0 bridgehead atoms. The summed E-state index contributed by atoms with van der Waals surface area (Å²) in [5, 5.41) is 2.91. The van der Waals surface area contributed by atoms with Gasteiger partial charge in [-0.3, -0.25) is 0 Å². The number of nitrogens with one attached hydrogen (secondary N) is 1. The van der Waals surface area contributed by atoms with Gasteiger partial charge in [-0.05, 0) is 24.7 Å². The summed E-state index contributed by atoms with van der Waals surface area (Å²) in [6, 6.07) is 4.41. The second-order valence-electron chi connectivity index (χ2n) is 4.14. The van der Waals surface area contributed by atoms with Gasteiger partial charge < -0.3 is 5.32 Å². The van der Waals surface area contributed by atoms with Crippen molar-refractivity contribution in [1.29, 1.82) is 0 Å². The average Bonchev–Trinajstić information content (AvgIpc) is 2.40. The Kier molecular flexibility index (Phi) is 3.99. The molecule has 7 heteroatoms. The lowest BCUT2D eigenvalue weighted by atomic mass is 10.1. The summed E-state index contributed by atoms with van der Waals surface area (Å²) in [6.45, 7) is 0.523. The third-order valence-electron chi connectivity index (χ3n) is 2.63. The Morgan fingerprint density at radius 1 is 1.15 bits per heavy atom. The fourth-order valence-electron chi connectivity index (χ4n) is 1.72. The largest absolute Gasteiger partial charge is 0.451 e. The summed E-state index contributed by atoms with van der Waals surface area (Å²) in [6.07, 6.45) is -2.67. The third-order valence-corrected chi connectivity index (χ3v) is 2.63. The number of alkyl halides is 3. The maximum atomic E-state index is 13.7. The number of rotatable bonds is 3. The Morgan fingerprint density at radius 2 is 1.80 bits per heavy atom. The molecule has 0 aliphatic heterocycles. The van der Waals surface area contributed by atoms with E-state index in [-0.39, 0.29) is 11.1 Å². The summed E-state index contributed by atoms with van der Waals surface area (Å²) >= 11 is 0. The zero-order valence-electron chi connectivity index (χ0n) is 10.5. The van der Waals surface area contributed by atoms with Crippen LogP contribution in [0.3, 0.4) is 0 Å². The van der Waals surface area contributed by atoms with Crippen LogP contribution in [0.1, 0.15) is 11.4 Å². The molecule has 20 heavy (non-hydrogen) atoms. The molecule has 106 valence electrons. The van der Waals surface area contributed by atoms with Gasteiger partial charge in [0.1, 0.15) is 5.82 Å². The highest BCUT2D eigenvalue weighted by Crippen LogP contribution is 2.28. The van der Waals surface area contributed by atoms with Gasteiger partial charge in [-0.25, -0.2) is 14.4 Å². The SMILES string of the molecule is CNCc1ccc(F)c(-c2cnc(C(F)(F)F)nc2)c1. The van der Waals surface area contributed by atoms with Crippen molar-refractivity contribution >= 4 is 0 Å². The lowest BCUT2D eigenvalue weighted by Gasteiger charge is -2.08. The predicted molar refractivity (Wildman–Crippen MR) is 65.2 cm³/mol. The van der Waals surface area contributed by atoms with Crippen LogP contribution in [0.5, 0.6) is 0 Å². The standard InChI is InChI=1S/C13H11F4N3/c1-18-5-8-2-3-11(14)10(4-8)9-6-19-12(20-7-9)13(15,16)17/h2-4,6-7,18H,5H2,1H3. The molecule has 1 aromatic carbocycles. The molecule has 3 nitrogen and oxygen atoms in total. The molecule has 0 spiro atoms. The van der Waals surface area contributed by atoms with Gasteiger partial charge in [-0.15, -0.1) is 0 Å². The van der Waals surface area contributed by atoms with Crippen molar-refractivity contribution in [1.82, 2.24) is 15.3 Å². The molecule has 0 saturated carbocycles. The quantitative estimate of drug-likeness (QED) is 0.881. The van der Waals surface area contributed by atoms with Gasteiger partial charge in [-0.1, -0.05) is 6.07 Å². The fourth-order valence-corrected chi connectivity index (χ4v) is 1.72. The monoisotopic (exact) mass is 285 g/mol. The van der Waals surface area contributed by atoms with Crippen molar-refractivity contribution < 1.29 is 17.6 Å². The van der Waals surface area contributed by atoms with E-state index in [1.54, 1.807) is 19.2 Å². The molecule has 1 N–H and O–H groups in total. The van der Waals surface area contributed by atoms with Crippen LogP contribution in [0.2, 0.25) is 0 Å². The van der Waals surface area contributed by atoms with Crippen LogP contribution in [0, 0.1) is 5.82 Å². The van der Waals surface area contributed by atoms with E-state index < -0.39 is 17.8 Å². The number of halogens is 4. The molecular weight excluding hydrogens is 274 g/mol. The molecular formula is C13H11F4N3. The van der Waals surface area contributed by atoms with Crippen molar-refractivity contribution in [2.45, 2.75) is 12.7 Å². The first kappa shape index (κ1) is 14.4. The van der Waals surface area contributed by atoms with Crippen LogP contribution in [-0.4, -0.2) is 17.0 Å². The molecule has 0 atom stereocenters. The number of benzene rings is 1. The molecule has 2 aromatic rings. The molecule has 1 heterocycles. The van der Waals surface area contributed by atoms with Gasteiger partial charge in [0.15, 0.2) is 0 Å². The smallest absolute Gasteiger partial charge is 0.316 e.